The summed E-state index contributed by atoms with van der Waals surface area (Å²) in [5, 5.41) is 3.23. The van der Waals surface area contributed by atoms with Crippen molar-refractivity contribution >= 4 is 11.3 Å². The molecule has 4 heteroatoms. The van der Waals surface area contributed by atoms with E-state index in [2.05, 4.69) is 44.1 Å². The normalized spacial score (nSPS) is 13.4. The van der Waals surface area contributed by atoms with Gasteiger partial charge in [-0.15, -0.1) is 11.3 Å². The Labute approximate surface area is 125 Å². The van der Waals surface area contributed by atoms with Gasteiger partial charge in [-0.2, -0.15) is 0 Å². The lowest BCUT2D eigenvalue weighted by atomic mass is 9.93. The first-order valence-corrected chi connectivity index (χ1v) is 7.94. The van der Waals surface area contributed by atoms with E-state index < -0.39 is 0 Å². The van der Waals surface area contributed by atoms with E-state index in [1.165, 1.54) is 5.56 Å². The van der Waals surface area contributed by atoms with Gasteiger partial charge >= 0.3 is 0 Å². The second kappa shape index (κ2) is 6.02. The molecule has 0 aliphatic heterocycles. The third kappa shape index (κ3) is 3.44. The zero-order valence-electron chi connectivity index (χ0n) is 12.7. The summed E-state index contributed by atoms with van der Waals surface area (Å²) in [6.45, 7) is 8.67. The molecule has 0 aliphatic carbocycles. The Hall–Kier alpha value is -1.26. The summed E-state index contributed by atoms with van der Waals surface area (Å²) >= 11 is 1.69. The van der Waals surface area contributed by atoms with Gasteiger partial charge in [0.15, 0.2) is 0 Å². The summed E-state index contributed by atoms with van der Waals surface area (Å²) in [5.41, 5.74) is 9.79. The number of rotatable bonds is 4. The second-order valence-corrected chi connectivity index (χ2v) is 7.03. The minimum Gasteiger partial charge on any atom is -0.322 e. The highest BCUT2D eigenvalue weighted by Crippen LogP contribution is 2.26. The lowest BCUT2D eigenvalue weighted by molar-refractivity contribution is 0.568. The quantitative estimate of drug-likeness (QED) is 0.935. The van der Waals surface area contributed by atoms with Crippen molar-refractivity contribution in [2.75, 3.05) is 0 Å². The summed E-state index contributed by atoms with van der Waals surface area (Å²) in [6.07, 6.45) is 3.53. The molecule has 2 N–H and O–H groups in total. The first-order chi connectivity index (χ1) is 9.41. The molecule has 0 bridgehead atoms. The van der Waals surface area contributed by atoms with Gasteiger partial charge in [0.25, 0.3) is 0 Å². The first kappa shape index (κ1) is 15.1. The standard InChI is InChI=1S/C16H23N3S/c1-5-11-7-6-8-18-15(11)12(17)9-14-19-13(10-20-14)16(2,3)4/h6-8,10,12H,5,9,17H2,1-4H3. The molecule has 3 nitrogen and oxygen atoms in total. The lowest BCUT2D eigenvalue weighted by Gasteiger charge is -2.15. The fourth-order valence-electron chi connectivity index (χ4n) is 2.12. The third-order valence-electron chi connectivity index (χ3n) is 3.37. The molecule has 0 aromatic carbocycles. The predicted octanol–water partition coefficient (Wildman–Crippen LogP) is 3.64. The lowest BCUT2D eigenvalue weighted by Crippen LogP contribution is -2.17. The zero-order valence-corrected chi connectivity index (χ0v) is 13.5. The van der Waals surface area contributed by atoms with Crippen molar-refractivity contribution in [2.24, 2.45) is 5.73 Å². The molecule has 2 aromatic rings. The molecule has 1 atom stereocenters. The van der Waals surface area contributed by atoms with E-state index in [9.17, 15) is 0 Å². The number of aromatic nitrogens is 2. The number of nitrogens with two attached hydrogens (primary N) is 1. The van der Waals surface area contributed by atoms with E-state index in [0.29, 0.717) is 0 Å². The number of hydrogen-bond acceptors (Lipinski definition) is 4. The summed E-state index contributed by atoms with van der Waals surface area (Å²) in [5.74, 6) is 0. The maximum atomic E-state index is 6.33. The van der Waals surface area contributed by atoms with E-state index >= 15 is 0 Å². The summed E-state index contributed by atoms with van der Waals surface area (Å²) in [6, 6.07) is 3.99. The van der Waals surface area contributed by atoms with E-state index in [1.807, 2.05) is 12.3 Å². The van der Waals surface area contributed by atoms with Crippen LogP contribution in [-0.4, -0.2) is 9.97 Å². The van der Waals surface area contributed by atoms with Crippen molar-refractivity contribution in [1.82, 2.24) is 9.97 Å². The Morgan fingerprint density at radius 3 is 2.70 bits per heavy atom. The highest BCUT2D eigenvalue weighted by Gasteiger charge is 2.19. The van der Waals surface area contributed by atoms with Gasteiger partial charge in [0.05, 0.1) is 22.4 Å². The van der Waals surface area contributed by atoms with Crippen molar-refractivity contribution in [3.63, 3.8) is 0 Å². The third-order valence-corrected chi connectivity index (χ3v) is 4.24. The average Bonchev–Trinajstić information content (AvgIpc) is 2.87. The van der Waals surface area contributed by atoms with Gasteiger partial charge in [-0.05, 0) is 18.1 Å². The molecule has 2 rings (SSSR count). The van der Waals surface area contributed by atoms with Gasteiger partial charge in [0.2, 0.25) is 0 Å². The molecular weight excluding hydrogens is 266 g/mol. The van der Waals surface area contributed by atoms with Gasteiger partial charge in [0, 0.05) is 23.4 Å². The van der Waals surface area contributed by atoms with Crippen LogP contribution in [0.4, 0.5) is 0 Å². The Bertz CT molecular complexity index is 569. The van der Waals surface area contributed by atoms with Crippen LogP contribution in [0, 0.1) is 0 Å². The summed E-state index contributed by atoms with van der Waals surface area (Å²) in [4.78, 5) is 9.17. The van der Waals surface area contributed by atoms with Crippen LogP contribution in [0.15, 0.2) is 23.7 Å². The Morgan fingerprint density at radius 1 is 1.35 bits per heavy atom. The van der Waals surface area contributed by atoms with Crippen LogP contribution in [0.2, 0.25) is 0 Å². The maximum Gasteiger partial charge on any atom is 0.0948 e. The molecule has 0 saturated heterocycles. The Balaban J connectivity index is 2.15. The van der Waals surface area contributed by atoms with Crippen molar-refractivity contribution in [3.05, 3.63) is 45.7 Å². The van der Waals surface area contributed by atoms with Crippen LogP contribution in [0.1, 0.15) is 55.7 Å². The first-order valence-electron chi connectivity index (χ1n) is 7.06. The largest absolute Gasteiger partial charge is 0.322 e. The summed E-state index contributed by atoms with van der Waals surface area (Å²) < 4.78 is 0. The fraction of sp³-hybridized carbons (Fsp3) is 0.500. The smallest absolute Gasteiger partial charge is 0.0948 e. The van der Waals surface area contributed by atoms with Crippen molar-refractivity contribution in [1.29, 1.82) is 0 Å². The highest BCUT2D eigenvalue weighted by molar-refractivity contribution is 7.09. The number of aryl methyl sites for hydroxylation is 1. The van der Waals surface area contributed by atoms with Crippen molar-refractivity contribution < 1.29 is 0 Å². The SMILES string of the molecule is CCc1cccnc1C(N)Cc1nc(C(C)(C)C)cs1. The molecule has 20 heavy (non-hydrogen) atoms. The molecule has 1 unspecified atom stereocenters. The number of thiazole rings is 1. The molecule has 0 radical (unpaired) electrons. The molecule has 0 aliphatic rings. The van der Waals surface area contributed by atoms with Gasteiger partial charge in [0.1, 0.15) is 0 Å². The Kier molecular flexibility index (Phi) is 4.55. The summed E-state index contributed by atoms with van der Waals surface area (Å²) in [7, 11) is 0. The van der Waals surface area contributed by atoms with Crippen LogP contribution in [0.25, 0.3) is 0 Å². The van der Waals surface area contributed by atoms with Gasteiger partial charge in [-0.1, -0.05) is 33.8 Å². The van der Waals surface area contributed by atoms with Crippen molar-refractivity contribution in [2.45, 2.75) is 52.0 Å². The van der Waals surface area contributed by atoms with E-state index in [1.54, 1.807) is 11.3 Å². The predicted molar refractivity (Wildman–Crippen MR) is 85.1 cm³/mol. The number of nitrogens with zero attached hydrogens (tertiary/aromatic N) is 2. The molecule has 0 spiro atoms. The zero-order chi connectivity index (χ0) is 14.8. The number of hydrogen-bond donors (Lipinski definition) is 1. The molecule has 108 valence electrons. The minimum atomic E-state index is -0.0786. The molecule has 0 saturated carbocycles. The monoisotopic (exact) mass is 289 g/mol. The van der Waals surface area contributed by atoms with Crippen LogP contribution in [0.3, 0.4) is 0 Å². The van der Waals surface area contributed by atoms with Crippen LogP contribution >= 0.6 is 11.3 Å². The van der Waals surface area contributed by atoms with Crippen LogP contribution in [0.5, 0.6) is 0 Å². The molecular formula is C16H23N3S. The fourth-order valence-corrected chi connectivity index (χ4v) is 3.20. The average molecular weight is 289 g/mol. The molecule has 0 fully saturated rings. The van der Waals surface area contributed by atoms with E-state index in [0.717, 1.165) is 29.2 Å². The van der Waals surface area contributed by atoms with Crippen LogP contribution in [-0.2, 0) is 18.3 Å². The topological polar surface area (TPSA) is 51.8 Å². The van der Waals surface area contributed by atoms with Crippen molar-refractivity contribution in [3.8, 4) is 0 Å². The Morgan fingerprint density at radius 2 is 2.10 bits per heavy atom. The second-order valence-electron chi connectivity index (χ2n) is 6.09. The highest BCUT2D eigenvalue weighted by atomic mass is 32.1. The van der Waals surface area contributed by atoms with E-state index in [4.69, 9.17) is 10.7 Å². The van der Waals surface area contributed by atoms with Gasteiger partial charge < -0.3 is 5.73 Å². The molecule has 2 aromatic heterocycles. The molecule has 2 heterocycles. The van der Waals surface area contributed by atoms with Crippen LogP contribution < -0.4 is 5.73 Å². The minimum absolute atomic E-state index is 0.0786. The molecule has 0 amide bonds. The van der Waals surface area contributed by atoms with E-state index in [-0.39, 0.29) is 11.5 Å². The number of pyridine rings is 1. The van der Waals surface area contributed by atoms with Gasteiger partial charge in [-0.3, -0.25) is 4.98 Å². The maximum absolute atomic E-state index is 6.33. The van der Waals surface area contributed by atoms with Gasteiger partial charge in [-0.25, -0.2) is 4.98 Å².